The molecule has 0 atom stereocenters. The fraction of sp³-hybridized carbons (Fsp3) is 0.0800. The Morgan fingerprint density at radius 3 is 2.29 bits per heavy atom. The number of hydrogen-bond donors (Lipinski definition) is 0. The van der Waals surface area contributed by atoms with Crippen LogP contribution < -0.4 is 9.47 Å². The maximum atomic E-state index is 12.6. The van der Waals surface area contributed by atoms with Gasteiger partial charge in [0.05, 0.1) is 21.9 Å². The van der Waals surface area contributed by atoms with Gasteiger partial charge in [0, 0.05) is 12.1 Å². The Kier molecular flexibility index (Phi) is 7.22. The van der Waals surface area contributed by atoms with Crippen LogP contribution in [-0.2, 0) is 4.79 Å². The topological polar surface area (TPSA) is 116 Å². The van der Waals surface area contributed by atoms with E-state index in [1.807, 2.05) is 18.2 Å². The molecular weight excluding hydrogens is 472 g/mol. The Morgan fingerprint density at radius 1 is 0.943 bits per heavy atom. The summed E-state index contributed by atoms with van der Waals surface area (Å²) in [7, 11) is 0. The van der Waals surface area contributed by atoms with E-state index in [4.69, 9.17) is 9.47 Å². The van der Waals surface area contributed by atoms with Crippen LogP contribution >= 0.6 is 11.8 Å². The monoisotopic (exact) mass is 490 g/mol. The lowest BCUT2D eigenvalue weighted by molar-refractivity contribution is -0.384. The Labute approximate surface area is 204 Å². The first kappa shape index (κ1) is 23.7. The molecule has 35 heavy (non-hydrogen) atoms. The molecule has 0 aliphatic carbocycles. The predicted molar refractivity (Wildman–Crippen MR) is 129 cm³/mol. The van der Waals surface area contributed by atoms with E-state index in [2.05, 4.69) is 0 Å². The molecule has 0 radical (unpaired) electrons. The molecule has 3 aromatic rings. The molecule has 0 aromatic heterocycles. The van der Waals surface area contributed by atoms with Crippen LogP contribution in [0.4, 0.5) is 10.5 Å². The van der Waals surface area contributed by atoms with Gasteiger partial charge in [0.1, 0.15) is 18.1 Å². The summed E-state index contributed by atoms with van der Waals surface area (Å²) in [6.45, 7) is 0.318. The quantitative estimate of drug-likeness (QED) is 0.143. The molecule has 0 spiro atoms. The lowest BCUT2D eigenvalue weighted by Gasteiger charge is -2.13. The van der Waals surface area contributed by atoms with Crippen molar-refractivity contribution in [2.45, 2.75) is 0 Å². The summed E-state index contributed by atoms with van der Waals surface area (Å²) >= 11 is 0.848. The molecule has 4 rings (SSSR count). The average Bonchev–Trinajstić information content (AvgIpc) is 3.13. The van der Waals surface area contributed by atoms with Crippen molar-refractivity contribution in [1.82, 2.24) is 4.90 Å². The Hall–Kier alpha value is -4.44. The van der Waals surface area contributed by atoms with E-state index in [9.17, 15) is 24.5 Å². The Balaban J connectivity index is 1.34. The summed E-state index contributed by atoms with van der Waals surface area (Å²) in [5, 5.41) is 10.4. The first-order valence-corrected chi connectivity index (χ1v) is 11.2. The molecule has 176 valence electrons. The van der Waals surface area contributed by atoms with E-state index < -0.39 is 16.8 Å². The first-order valence-electron chi connectivity index (χ1n) is 10.4. The molecule has 0 N–H and O–H groups in total. The van der Waals surface area contributed by atoms with E-state index in [0.717, 1.165) is 16.7 Å². The van der Waals surface area contributed by atoms with Gasteiger partial charge < -0.3 is 9.47 Å². The number of benzene rings is 3. The third-order valence-electron chi connectivity index (χ3n) is 4.90. The van der Waals surface area contributed by atoms with Crippen LogP contribution in [0.5, 0.6) is 11.5 Å². The van der Waals surface area contributed by atoms with Crippen molar-refractivity contribution >= 4 is 40.6 Å². The van der Waals surface area contributed by atoms with Gasteiger partial charge in [0.15, 0.2) is 0 Å². The van der Waals surface area contributed by atoms with Crippen LogP contribution in [-0.4, -0.2) is 40.1 Å². The number of nitrogens with zero attached hydrogens (tertiary/aromatic N) is 2. The van der Waals surface area contributed by atoms with Gasteiger partial charge in [-0.25, -0.2) is 4.79 Å². The van der Waals surface area contributed by atoms with E-state index in [0.29, 0.717) is 11.3 Å². The van der Waals surface area contributed by atoms with Crippen molar-refractivity contribution in [2.75, 3.05) is 13.2 Å². The van der Waals surface area contributed by atoms with Gasteiger partial charge in [-0.2, -0.15) is 0 Å². The van der Waals surface area contributed by atoms with Crippen molar-refractivity contribution in [2.24, 2.45) is 0 Å². The minimum Gasteiger partial charge on any atom is -0.492 e. The van der Waals surface area contributed by atoms with Gasteiger partial charge in [-0.05, 0) is 59.8 Å². The second-order valence-electron chi connectivity index (χ2n) is 7.26. The highest BCUT2D eigenvalue weighted by atomic mass is 32.2. The predicted octanol–water partition coefficient (Wildman–Crippen LogP) is 4.93. The van der Waals surface area contributed by atoms with Gasteiger partial charge in [-0.15, -0.1) is 0 Å². The van der Waals surface area contributed by atoms with Gasteiger partial charge in [0.25, 0.3) is 16.8 Å². The molecule has 0 unspecified atom stereocenters. The maximum absolute atomic E-state index is 12.6. The van der Waals surface area contributed by atoms with E-state index >= 15 is 0 Å². The highest BCUT2D eigenvalue weighted by Gasteiger charge is 2.34. The number of carbonyl (C=O) groups excluding carboxylic acids is 3. The van der Waals surface area contributed by atoms with Gasteiger partial charge >= 0.3 is 5.97 Å². The van der Waals surface area contributed by atoms with Gasteiger partial charge in [0.2, 0.25) is 0 Å². The zero-order valence-corrected chi connectivity index (χ0v) is 19.0. The fourth-order valence-electron chi connectivity index (χ4n) is 3.13. The number of non-ortho nitro benzene ring substituents is 1. The average molecular weight is 490 g/mol. The van der Waals surface area contributed by atoms with E-state index in [-0.39, 0.29) is 40.3 Å². The lowest BCUT2D eigenvalue weighted by atomic mass is 10.2. The molecule has 2 amide bonds. The summed E-state index contributed by atoms with van der Waals surface area (Å²) < 4.78 is 10.8. The molecule has 0 saturated carbocycles. The minimum absolute atomic E-state index is 0.126. The van der Waals surface area contributed by atoms with Crippen LogP contribution in [0.1, 0.15) is 15.9 Å². The number of nitro benzene ring substituents is 1. The van der Waals surface area contributed by atoms with Crippen molar-refractivity contribution in [1.29, 1.82) is 0 Å². The Morgan fingerprint density at radius 2 is 1.63 bits per heavy atom. The second kappa shape index (κ2) is 10.7. The zero-order valence-electron chi connectivity index (χ0n) is 18.2. The zero-order chi connectivity index (χ0) is 24.8. The van der Waals surface area contributed by atoms with E-state index in [1.54, 1.807) is 42.5 Å². The number of hydrogen-bond acceptors (Lipinski definition) is 8. The first-order chi connectivity index (χ1) is 16.9. The normalized spacial score (nSPS) is 14.3. The Bertz CT molecular complexity index is 1290. The highest BCUT2D eigenvalue weighted by molar-refractivity contribution is 8.18. The number of ether oxygens (including phenoxy) is 2. The molecule has 9 nitrogen and oxygen atoms in total. The minimum atomic E-state index is -0.661. The second-order valence-corrected chi connectivity index (χ2v) is 8.25. The molecule has 1 heterocycles. The standard InChI is InChI=1S/C25H18N2O7S/c28-23-22(35-25(30)26(23)14-15-33-20-4-2-1-3-5-20)16-17-6-12-21(13-7-17)34-24(29)18-8-10-19(11-9-18)27(31)32/h1-13,16H,14-15H2/b22-16-. The summed E-state index contributed by atoms with van der Waals surface area (Å²) in [6, 6.07) is 20.6. The van der Waals surface area contributed by atoms with E-state index in [1.165, 1.54) is 24.3 Å². The number of esters is 1. The van der Waals surface area contributed by atoms with Crippen LogP contribution in [0, 0.1) is 10.1 Å². The molecule has 1 aliphatic rings. The number of rotatable bonds is 8. The number of amides is 2. The smallest absolute Gasteiger partial charge is 0.343 e. The summed E-state index contributed by atoms with van der Waals surface area (Å²) in [5.74, 6) is -0.141. The largest absolute Gasteiger partial charge is 0.492 e. The third kappa shape index (κ3) is 5.92. The van der Waals surface area contributed by atoms with Crippen LogP contribution in [0.3, 0.4) is 0 Å². The molecule has 0 bridgehead atoms. The molecule has 1 saturated heterocycles. The third-order valence-corrected chi connectivity index (χ3v) is 5.81. The number of nitro groups is 1. The van der Waals surface area contributed by atoms with Gasteiger partial charge in [-0.1, -0.05) is 30.3 Å². The van der Waals surface area contributed by atoms with Crippen LogP contribution in [0.25, 0.3) is 6.08 Å². The number of thioether (sulfide) groups is 1. The van der Waals surface area contributed by atoms with Crippen LogP contribution in [0.15, 0.2) is 83.8 Å². The SMILES string of the molecule is O=C(Oc1ccc(/C=C2\SC(=O)N(CCOc3ccccc3)C2=O)cc1)c1ccc([N+](=O)[O-])cc1. The van der Waals surface area contributed by atoms with Crippen LogP contribution in [0.2, 0.25) is 0 Å². The van der Waals surface area contributed by atoms with Crippen molar-refractivity contribution < 1.29 is 28.8 Å². The summed E-state index contributed by atoms with van der Waals surface area (Å²) in [5.41, 5.74) is 0.690. The van der Waals surface area contributed by atoms with Gasteiger partial charge in [-0.3, -0.25) is 24.6 Å². The summed E-state index contributed by atoms with van der Waals surface area (Å²) in [6.07, 6.45) is 1.59. The van der Waals surface area contributed by atoms with Crippen molar-refractivity contribution in [3.63, 3.8) is 0 Å². The van der Waals surface area contributed by atoms with Crippen molar-refractivity contribution in [3.05, 3.63) is 105 Å². The molecule has 1 fully saturated rings. The molecule has 1 aliphatic heterocycles. The number of para-hydroxylation sites is 1. The lowest BCUT2D eigenvalue weighted by Crippen LogP contribution is -2.32. The summed E-state index contributed by atoms with van der Waals surface area (Å²) in [4.78, 5) is 48.8. The number of carbonyl (C=O) groups is 3. The molecule has 3 aromatic carbocycles. The molecular formula is C25H18N2O7S. The molecule has 10 heteroatoms. The number of imide groups is 1. The highest BCUT2D eigenvalue weighted by Crippen LogP contribution is 2.32. The van der Waals surface area contributed by atoms with Crippen molar-refractivity contribution in [3.8, 4) is 11.5 Å². The fourth-order valence-corrected chi connectivity index (χ4v) is 4.00. The maximum Gasteiger partial charge on any atom is 0.343 e.